The minimum Gasteiger partial charge on any atom is -0.316 e. The van der Waals surface area contributed by atoms with Crippen molar-refractivity contribution in [2.75, 3.05) is 13.1 Å². The van der Waals surface area contributed by atoms with Crippen molar-refractivity contribution in [2.24, 2.45) is 5.92 Å². The van der Waals surface area contributed by atoms with Gasteiger partial charge in [-0.2, -0.15) is 11.3 Å². The van der Waals surface area contributed by atoms with Gasteiger partial charge in [0.05, 0.1) is 0 Å². The molecule has 0 bridgehead atoms. The normalized spacial score (nSPS) is 25.2. The summed E-state index contributed by atoms with van der Waals surface area (Å²) in [5, 5.41) is 8.04. The number of hydrogen-bond donors (Lipinski definition) is 1. The van der Waals surface area contributed by atoms with Crippen molar-refractivity contribution < 1.29 is 0 Å². The van der Waals surface area contributed by atoms with Gasteiger partial charge < -0.3 is 5.32 Å². The van der Waals surface area contributed by atoms with Crippen molar-refractivity contribution in [1.29, 1.82) is 0 Å². The van der Waals surface area contributed by atoms with Crippen molar-refractivity contribution >= 4 is 27.3 Å². The first-order valence-electron chi connectivity index (χ1n) is 5.75. The van der Waals surface area contributed by atoms with Crippen LogP contribution in [-0.4, -0.2) is 13.1 Å². The van der Waals surface area contributed by atoms with Crippen LogP contribution in [0.25, 0.3) is 0 Å². The van der Waals surface area contributed by atoms with Gasteiger partial charge in [-0.3, -0.25) is 0 Å². The molecule has 1 fully saturated rings. The highest BCUT2D eigenvalue weighted by Gasteiger charge is 2.32. The summed E-state index contributed by atoms with van der Waals surface area (Å²) >= 11 is 5.45. The summed E-state index contributed by atoms with van der Waals surface area (Å²) < 4.78 is 1.32. The van der Waals surface area contributed by atoms with E-state index in [9.17, 15) is 0 Å². The summed E-state index contributed by atoms with van der Waals surface area (Å²) in [4.78, 5) is 0. The van der Waals surface area contributed by atoms with Crippen LogP contribution in [0.1, 0.15) is 37.7 Å². The highest BCUT2D eigenvalue weighted by atomic mass is 79.9. The van der Waals surface area contributed by atoms with E-state index in [4.69, 9.17) is 0 Å². The Kier molecular flexibility index (Phi) is 4.23. The largest absolute Gasteiger partial charge is 0.316 e. The summed E-state index contributed by atoms with van der Waals surface area (Å²) in [6.45, 7) is 4.58. The Bertz CT molecular complexity index is 310. The Morgan fingerprint density at radius 1 is 1.47 bits per heavy atom. The lowest BCUT2D eigenvalue weighted by Gasteiger charge is -2.37. The first kappa shape index (κ1) is 11.6. The van der Waals surface area contributed by atoms with Gasteiger partial charge in [0.25, 0.3) is 0 Å². The predicted octanol–water partition coefficient (Wildman–Crippen LogP) is 4.00. The first-order valence-corrected chi connectivity index (χ1v) is 7.48. The fourth-order valence-corrected chi connectivity index (χ4v) is 3.90. The average molecular weight is 288 g/mol. The molecule has 1 nitrogen and oxygen atoms in total. The maximum atomic E-state index is 3.64. The number of thiophene rings is 1. The third-order valence-corrected chi connectivity index (χ3v) is 5.04. The molecule has 1 aromatic rings. The molecule has 2 rings (SSSR count). The predicted molar refractivity (Wildman–Crippen MR) is 70.6 cm³/mol. The highest BCUT2D eigenvalue weighted by Crippen LogP contribution is 2.45. The van der Waals surface area contributed by atoms with Crippen molar-refractivity contribution in [3.8, 4) is 0 Å². The molecule has 0 saturated heterocycles. The standard InChI is InChI=1S/C12H18BrNS/c1-2-5-14-6-9-3-4-10(9)11-7-15-8-12(11)13/h7-10,14H,2-6H2,1H3. The summed E-state index contributed by atoms with van der Waals surface area (Å²) in [6, 6.07) is 0. The lowest BCUT2D eigenvalue weighted by Crippen LogP contribution is -2.34. The molecule has 2 atom stereocenters. The van der Waals surface area contributed by atoms with E-state index in [0.29, 0.717) is 0 Å². The zero-order chi connectivity index (χ0) is 10.7. The molecule has 1 saturated carbocycles. The van der Waals surface area contributed by atoms with Crippen molar-refractivity contribution in [3.63, 3.8) is 0 Å². The molecular formula is C12H18BrNS. The van der Waals surface area contributed by atoms with Crippen LogP contribution in [0.4, 0.5) is 0 Å². The smallest absolute Gasteiger partial charge is 0.0317 e. The van der Waals surface area contributed by atoms with Crippen LogP contribution in [0.15, 0.2) is 15.2 Å². The third kappa shape index (κ3) is 2.63. The lowest BCUT2D eigenvalue weighted by atomic mass is 9.70. The van der Waals surface area contributed by atoms with E-state index in [2.05, 4.69) is 38.9 Å². The minimum absolute atomic E-state index is 0.801. The zero-order valence-corrected chi connectivity index (χ0v) is 11.5. The molecule has 0 radical (unpaired) electrons. The monoisotopic (exact) mass is 287 g/mol. The number of nitrogens with one attached hydrogen (secondary N) is 1. The molecule has 15 heavy (non-hydrogen) atoms. The Balaban J connectivity index is 1.87. The quantitative estimate of drug-likeness (QED) is 0.807. The maximum absolute atomic E-state index is 3.64. The van der Waals surface area contributed by atoms with Crippen LogP contribution >= 0.6 is 27.3 Å². The lowest BCUT2D eigenvalue weighted by molar-refractivity contribution is 0.246. The van der Waals surface area contributed by atoms with Crippen molar-refractivity contribution in [3.05, 3.63) is 20.8 Å². The number of hydrogen-bond acceptors (Lipinski definition) is 2. The fraction of sp³-hybridized carbons (Fsp3) is 0.667. The maximum Gasteiger partial charge on any atom is 0.0317 e. The van der Waals surface area contributed by atoms with Crippen LogP contribution in [-0.2, 0) is 0 Å². The van der Waals surface area contributed by atoms with E-state index < -0.39 is 0 Å². The van der Waals surface area contributed by atoms with E-state index in [0.717, 1.165) is 18.4 Å². The van der Waals surface area contributed by atoms with E-state index in [1.54, 1.807) is 11.3 Å². The van der Waals surface area contributed by atoms with Gasteiger partial charge >= 0.3 is 0 Å². The third-order valence-electron chi connectivity index (χ3n) is 3.29. The van der Waals surface area contributed by atoms with E-state index in [1.165, 1.54) is 35.8 Å². The molecule has 0 aliphatic heterocycles. The minimum atomic E-state index is 0.801. The Hall–Kier alpha value is 0.140. The Morgan fingerprint density at radius 3 is 2.87 bits per heavy atom. The van der Waals surface area contributed by atoms with Crippen LogP contribution < -0.4 is 5.32 Å². The van der Waals surface area contributed by atoms with Crippen molar-refractivity contribution in [2.45, 2.75) is 32.1 Å². The molecule has 0 amide bonds. The Labute approximate surface area is 104 Å². The SMILES string of the molecule is CCCNCC1CCC1c1cscc1Br. The molecular weight excluding hydrogens is 270 g/mol. The fourth-order valence-electron chi connectivity index (χ4n) is 2.24. The molecule has 1 aliphatic carbocycles. The topological polar surface area (TPSA) is 12.0 Å². The second-order valence-electron chi connectivity index (χ2n) is 4.32. The van der Waals surface area contributed by atoms with Gasteiger partial charge in [0.15, 0.2) is 0 Å². The summed E-state index contributed by atoms with van der Waals surface area (Å²) in [5.74, 6) is 1.66. The van der Waals surface area contributed by atoms with Gasteiger partial charge in [-0.1, -0.05) is 6.92 Å². The molecule has 0 spiro atoms. The molecule has 2 unspecified atom stereocenters. The van der Waals surface area contributed by atoms with E-state index >= 15 is 0 Å². The van der Waals surface area contributed by atoms with Gasteiger partial charge in [0.1, 0.15) is 0 Å². The molecule has 1 N–H and O–H groups in total. The first-order chi connectivity index (χ1) is 7.33. The zero-order valence-electron chi connectivity index (χ0n) is 9.13. The van der Waals surface area contributed by atoms with Gasteiger partial charge in [-0.15, -0.1) is 0 Å². The second-order valence-corrected chi connectivity index (χ2v) is 5.92. The molecule has 84 valence electrons. The summed E-state index contributed by atoms with van der Waals surface area (Å²) in [5.41, 5.74) is 1.54. The van der Waals surface area contributed by atoms with Crippen molar-refractivity contribution in [1.82, 2.24) is 5.32 Å². The average Bonchev–Trinajstić information content (AvgIpc) is 2.58. The summed E-state index contributed by atoms with van der Waals surface area (Å²) in [7, 11) is 0. The van der Waals surface area contributed by atoms with Gasteiger partial charge in [-0.05, 0) is 71.1 Å². The van der Waals surface area contributed by atoms with Crippen LogP contribution in [0.5, 0.6) is 0 Å². The molecule has 0 aromatic carbocycles. The molecule has 1 heterocycles. The van der Waals surface area contributed by atoms with Crippen LogP contribution in [0, 0.1) is 5.92 Å². The number of rotatable bonds is 5. The van der Waals surface area contributed by atoms with Crippen LogP contribution in [0.3, 0.4) is 0 Å². The molecule has 1 aliphatic rings. The van der Waals surface area contributed by atoms with Gasteiger partial charge in [0, 0.05) is 9.85 Å². The highest BCUT2D eigenvalue weighted by molar-refractivity contribution is 9.10. The molecule has 1 aromatic heterocycles. The Morgan fingerprint density at radius 2 is 2.33 bits per heavy atom. The van der Waals surface area contributed by atoms with Gasteiger partial charge in [0.2, 0.25) is 0 Å². The van der Waals surface area contributed by atoms with E-state index in [1.807, 2.05) is 0 Å². The number of halogens is 1. The summed E-state index contributed by atoms with van der Waals surface area (Å²) in [6.07, 6.45) is 4.00. The van der Waals surface area contributed by atoms with Gasteiger partial charge in [-0.25, -0.2) is 0 Å². The van der Waals surface area contributed by atoms with Crippen LogP contribution in [0.2, 0.25) is 0 Å². The second kappa shape index (κ2) is 5.46. The van der Waals surface area contributed by atoms with E-state index in [-0.39, 0.29) is 0 Å². The molecule has 3 heteroatoms.